The molecular weight excluding hydrogens is 190 g/mol. The Morgan fingerprint density at radius 2 is 2.33 bits per heavy atom. The van der Waals surface area contributed by atoms with Crippen molar-refractivity contribution in [1.29, 1.82) is 0 Å². The van der Waals surface area contributed by atoms with Crippen LogP contribution in [0.4, 0.5) is 0 Å². The van der Waals surface area contributed by atoms with E-state index in [1.54, 1.807) is 10.9 Å². The van der Waals surface area contributed by atoms with Crippen LogP contribution in [0.5, 0.6) is 0 Å². The zero-order valence-corrected chi connectivity index (χ0v) is 8.59. The molecule has 15 heavy (non-hydrogen) atoms. The predicted molar refractivity (Wildman–Crippen MR) is 55.8 cm³/mol. The van der Waals surface area contributed by atoms with Crippen LogP contribution in [0.1, 0.15) is 11.3 Å². The Morgan fingerprint density at radius 1 is 1.40 bits per heavy atom. The second-order valence-electron chi connectivity index (χ2n) is 3.35. The van der Waals surface area contributed by atoms with E-state index >= 15 is 0 Å². The Hall–Kier alpha value is -1.75. The number of rotatable bonds is 4. The number of aromatic nitrogens is 4. The molecule has 0 amide bonds. The molecule has 1 N–H and O–H groups in total. The predicted octanol–water partition coefficient (Wildman–Crippen LogP) is 0.500. The first-order valence-electron chi connectivity index (χ1n) is 4.79. The lowest BCUT2D eigenvalue weighted by Crippen LogP contribution is -2.13. The molecule has 2 aromatic heterocycles. The Balaban J connectivity index is 1.80. The molecule has 0 unspecified atom stereocenters. The number of hydrogen-bond acceptors (Lipinski definition) is 4. The first kappa shape index (κ1) is 9.79. The fourth-order valence-corrected chi connectivity index (χ4v) is 1.31. The molecule has 0 aliphatic heterocycles. The molecule has 2 rings (SSSR count). The van der Waals surface area contributed by atoms with Gasteiger partial charge in [0, 0.05) is 38.7 Å². The highest BCUT2D eigenvalue weighted by Gasteiger charge is 1.97. The van der Waals surface area contributed by atoms with Gasteiger partial charge in [-0.1, -0.05) is 11.3 Å². The second-order valence-corrected chi connectivity index (χ2v) is 3.35. The van der Waals surface area contributed by atoms with E-state index in [4.69, 9.17) is 0 Å². The Morgan fingerprint density at radius 3 is 3.00 bits per heavy atom. The van der Waals surface area contributed by atoms with Gasteiger partial charge in [0.2, 0.25) is 0 Å². The summed E-state index contributed by atoms with van der Waals surface area (Å²) >= 11 is 0. The molecule has 0 fully saturated rings. The average molecular weight is 203 g/mol. The molecule has 0 aliphatic rings. The zero-order valence-electron chi connectivity index (χ0n) is 8.59. The summed E-state index contributed by atoms with van der Waals surface area (Å²) in [6.45, 7) is 1.52. The fraction of sp³-hybridized carbons (Fsp3) is 0.300. The van der Waals surface area contributed by atoms with Gasteiger partial charge in [0.1, 0.15) is 0 Å². The van der Waals surface area contributed by atoms with Gasteiger partial charge in [0.25, 0.3) is 0 Å². The Bertz CT molecular complexity index is 409. The lowest BCUT2D eigenvalue weighted by atomic mass is 10.3. The highest BCUT2D eigenvalue weighted by atomic mass is 15.4. The van der Waals surface area contributed by atoms with Crippen molar-refractivity contribution in [3.63, 3.8) is 0 Å². The van der Waals surface area contributed by atoms with Crippen LogP contribution in [-0.4, -0.2) is 20.0 Å². The first-order chi connectivity index (χ1) is 7.34. The van der Waals surface area contributed by atoms with E-state index in [2.05, 4.69) is 20.6 Å². The number of pyridine rings is 1. The molecular formula is C10H13N5. The van der Waals surface area contributed by atoms with Crippen LogP contribution in [-0.2, 0) is 20.1 Å². The van der Waals surface area contributed by atoms with Gasteiger partial charge in [-0.05, 0) is 11.6 Å². The van der Waals surface area contributed by atoms with Gasteiger partial charge in [0.15, 0.2) is 0 Å². The van der Waals surface area contributed by atoms with Crippen molar-refractivity contribution in [3.05, 3.63) is 42.0 Å². The van der Waals surface area contributed by atoms with E-state index in [-0.39, 0.29) is 0 Å². The lowest BCUT2D eigenvalue weighted by molar-refractivity contribution is 0.672. The zero-order chi connectivity index (χ0) is 10.5. The first-order valence-corrected chi connectivity index (χ1v) is 4.79. The summed E-state index contributed by atoms with van der Waals surface area (Å²) in [5.41, 5.74) is 2.11. The van der Waals surface area contributed by atoms with Crippen LogP contribution >= 0.6 is 0 Å². The van der Waals surface area contributed by atoms with Crippen LogP contribution in [0.3, 0.4) is 0 Å². The van der Waals surface area contributed by atoms with E-state index in [1.165, 1.54) is 5.56 Å². The van der Waals surface area contributed by atoms with Crippen molar-refractivity contribution >= 4 is 0 Å². The number of aryl methyl sites for hydroxylation is 1. The van der Waals surface area contributed by atoms with Crippen LogP contribution in [0.25, 0.3) is 0 Å². The highest BCUT2D eigenvalue weighted by Crippen LogP contribution is 1.96. The molecule has 0 atom stereocenters. The molecule has 0 saturated carbocycles. The molecule has 0 spiro atoms. The fourth-order valence-electron chi connectivity index (χ4n) is 1.31. The third kappa shape index (κ3) is 2.85. The van der Waals surface area contributed by atoms with Crippen molar-refractivity contribution in [2.75, 3.05) is 0 Å². The van der Waals surface area contributed by atoms with Gasteiger partial charge < -0.3 is 5.32 Å². The summed E-state index contributed by atoms with van der Waals surface area (Å²) in [6.07, 6.45) is 5.52. The maximum absolute atomic E-state index is 4.04. The number of nitrogens with one attached hydrogen (secondary N) is 1. The second kappa shape index (κ2) is 4.65. The maximum Gasteiger partial charge on any atom is 0.0964 e. The van der Waals surface area contributed by atoms with Crippen LogP contribution in [0.15, 0.2) is 30.7 Å². The summed E-state index contributed by atoms with van der Waals surface area (Å²) in [5, 5.41) is 11.1. The van der Waals surface area contributed by atoms with E-state index in [0.717, 1.165) is 18.8 Å². The van der Waals surface area contributed by atoms with Crippen molar-refractivity contribution in [2.24, 2.45) is 7.05 Å². The van der Waals surface area contributed by atoms with Crippen LogP contribution < -0.4 is 5.32 Å². The van der Waals surface area contributed by atoms with Crippen molar-refractivity contribution in [3.8, 4) is 0 Å². The largest absolute Gasteiger partial charge is 0.307 e. The molecule has 78 valence electrons. The number of nitrogens with zero attached hydrogens (tertiary/aromatic N) is 4. The SMILES string of the molecule is Cn1cc(CNCc2cccnc2)nn1. The minimum absolute atomic E-state index is 0.725. The molecule has 0 aromatic carbocycles. The molecule has 2 aromatic rings. The quantitative estimate of drug-likeness (QED) is 0.786. The van der Waals surface area contributed by atoms with Crippen molar-refractivity contribution in [2.45, 2.75) is 13.1 Å². The monoisotopic (exact) mass is 203 g/mol. The van der Waals surface area contributed by atoms with Gasteiger partial charge in [-0.2, -0.15) is 0 Å². The average Bonchev–Trinajstić information content (AvgIpc) is 2.66. The molecule has 5 heteroatoms. The van der Waals surface area contributed by atoms with E-state index in [1.807, 2.05) is 31.6 Å². The van der Waals surface area contributed by atoms with Crippen LogP contribution in [0, 0.1) is 0 Å². The summed E-state index contributed by atoms with van der Waals surface area (Å²) in [4.78, 5) is 4.04. The normalized spacial score (nSPS) is 10.5. The minimum Gasteiger partial charge on any atom is -0.307 e. The minimum atomic E-state index is 0.725. The van der Waals surface area contributed by atoms with E-state index in [9.17, 15) is 0 Å². The Kier molecular flexibility index (Phi) is 3.04. The topological polar surface area (TPSA) is 55.6 Å². The summed E-state index contributed by atoms with van der Waals surface area (Å²) in [6, 6.07) is 3.97. The van der Waals surface area contributed by atoms with Gasteiger partial charge in [0.05, 0.1) is 5.69 Å². The van der Waals surface area contributed by atoms with E-state index < -0.39 is 0 Å². The summed E-state index contributed by atoms with van der Waals surface area (Å²) in [5.74, 6) is 0. The highest BCUT2D eigenvalue weighted by molar-refractivity contribution is 5.08. The van der Waals surface area contributed by atoms with E-state index in [0.29, 0.717) is 0 Å². The molecule has 2 heterocycles. The maximum atomic E-state index is 4.04. The Labute approximate surface area is 88.1 Å². The molecule has 0 radical (unpaired) electrons. The molecule has 0 saturated heterocycles. The standard InChI is InChI=1S/C10H13N5/c1-15-8-10(13-14-15)7-12-6-9-3-2-4-11-5-9/h2-5,8,12H,6-7H2,1H3. The van der Waals surface area contributed by atoms with Gasteiger partial charge >= 0.3 is 0 Å². The van der Waals surface area contributed by atoms with Gasteiger partial charge in [-0.25, -0.2) is 0 Å². The molecule has 0 aliphatic carbocycles. The smallest absolute Gasteiger partial charge is 0.0964 e. The van der Waals surface area contributed by atoms with Gasteiger partial charge in [-0.3, -0.25) is 9.67 Å². The van der Waals surface area contributed by atoms with Crippen LogP contribution in [0.2, 0.25) is 0 Å². The van der Waals surface area contributed by atoms with Crippen molar-refractivity contribution in [1.82, 2.24) is 25.3 Å². The third-order valence-corrected chi connectivity index (χ3v) is 2.01. The molecule has 0 bridgehead atoms. The third-order valence-electron chi connectivity index (χ3n) is 2.01. The lowest BCUT2D eigenvalue weighted by Gasteiger charge is -2.01. The van der Waals surface area contributed by atoms with Crippen molar-refractivity contribution < 1.29 is 0 Å². The number of hydrogen-bond donors (Lipinski definition) is 1. The van der Waals surface area contributed by atoms with Gasteiger partial charge in [-0.15, -0.1) is 5.10 Å². The molecule has 5 nitrogen and oxygen atoms in total. The summed E-state index contributed by atoms with van der Waals surface area (Å²) in [7, 11) is 1.86. The summed E-state index contributed by atoms with van der Waals surface area (Å²) < 4.78 is 1.70.